The van der Waals surface area contributed by atoms with Gasteiger partial charge in [0, 0.05) is 16.7 Å². The van der Waals surface area contributed by atoms with E-state index >= 15 is 0 Å². The monoisotopic (exact) mass is 252 g/mol. The van der Waals surface area contributed by atoms with Crippen LogP contribution in [0, 0.1) is 0 Å². The third-order valence-corrected chi connectivity index (χ3v) is 2.74. The lowest BCUT2D eigenvalue weighted by Crippen LogP contribution is -2.18. The van der Waals surface area contributed by atoms with Crippen LogP contribution in [0.1, 0.15) is 19.3 Å². The van der Waals surface area contributed by atoms with E-state index in [0.29, 0.717) is 6.04 Å². The molecule has 0 radical (unpaired) electrons. The molecule has 0 saturated heterocycles. The molecule has 1 aliphatic carbocycles. The second-order valence-electron chi connectivity index (χ2n) is 3.50. The van der Waals surface area contributed by atoms with Crippen molar-refractivity contribution >= 4 is 21.6 Å². The van der Waals surface area contributed by atoms with Crippen molar-refractivity contribution in [2.75, 3.05) is 5.32 Å². The minimum Gasteiger partial charge on any atom is -0.378 e. The maximum atomic E-state index is 4.12. The first-order chi connectivity index (χ1) is 6.84. The average Bonchev–Trinajstić information content (AvgIpc) is 2.19. The number of hydrogen-bond acceptors (Lipinski definition) is 2. The van der Waals surface area contributed by atoms with Crippen LogP contribution in [0.25, 0.3) is 0 Å². The van der Waals surface area contributed by atoms with Crippen molar-refractivity contribution in [3.05, 3.63) is 35.1 Å². The van der Waals surface area contributed by atoms with Crippen LogP contribution >= 0.6 is 15.9 Å². The van der Waals surface area contributed by atoms with Crippen molar-refractivity contribution in [1.82, 2.24) is 4.98 Å². The summed E-state index contributed by atoms with van der Waals surface area (Å²) in [5.41, 5.74) is 1.08. The largest absolute Gasteiger partial charge is 0.378 e. The van der Waals surface area contributed by atoms with Crippen LogP contribution in [0.15, 0.2) is 35.1 Å². The molecule has 3 heteroatoms. The number of aromatic nitrogens is 1. The Morgan fingerprint density at radius 1 is 1.43 bits per heavy atom. The summed E-state index contributed by atoms with van der Waals surface area (Å²) < 4.78 is 1.02. The number of halogens is 1. The molecule has 1 aliphatic rings. The van der Waals surface area contributed by atoms with Gasteiger partial charge in [0.05, 0.1) is 11.9 Å². The van der Waals surface area contributed by atoms with Crippen LogP contribution in [-0.2, 0) is 0 Å². The fourth-order valence-corrected chi connectivity index (χ4v) is 2.00. The first-order valence-electron chi connectivity index (χ1n) is 4.88. The number of allylic oxidation sites excluding steroid dienone is 1. The zero-order valence-electron chi connectivity index (χ0n) is 7.91. The Bertz CT molecular complexity index is 336. The van der Waals surface area contributed by atoms with Gasteiger partial charge in [0.1, 0.15) is 0 Å². The fraction of sp³-hybridized carbons (Fsp3) is 0.364. The van der Waals surface area contributed by atoms with Gasteiger partial charge in [-0.05, 0) is 41.3 Å². The lowest BCUT2D eigenvalue weighted by molar-refractivity contribution is 0.673. The molecular formula is C11H13BrN2. The normalized spacial score (nSPS) is 20.8. The van der Waals surface area contributed by atoms with Gasteiger partial charge < -0.3 is 5.32 Å². The highest BCUT2D eigenvalue weighted by molar-refractivity contribution is 9.10. The highest BCUT2D eigenvalue weighted by Gasteiger charge is 2.07. The summed E-state index contributed by atoms with van der Waals surface area (Å²) in [6.07, 6.45) is 11.8. The number of rotatable bonds is 2. The van der Waals surface area contributed by atoms with E-state index in [1.807, 2.05) is 6.20 Å². The van der Waals surface area contributed by atoms with Crippen LogP contribution in [0.3, 0.4) is 0 Å². The van der Waals surface area contributed by atoms with E-state index in [2.05, 4.69) is 44.4 Å². The Hall–Kier alpha value is -0.830. The number of anilines is 1. The maximum Gasteiger partial charge on any atom is 0.0542 e. The van der Waals surface area contributed by atoms with Gasteiger partial charge in [-0.25, -0.2) is 0 Å². The number of nitrogens with zero attached hydrogens (tertiary/aromatic N) is 1. The number of nitrogens with one attached hydrogen (secondary N) is 1. The van der Waals surface area contributed by atoms with E-state index in [1.165, 1.54) is 19.3 Å². The summed E-state index contributed by atoms with van der Waals surface area (Å²) in [5.74, 6) is 0. The van der Waals surface area contributed by atoms with Crippen molar-refractivity contribution in [2.24, 2.45) is 0 Å². The second kappa shape index (κ2) is 4.60. The molecule has 0 bridgehead atoms. The summed E-state index contributed by atoms with van der Waals surface area (Å²) in [7, 11) is 0. The smallest absolute Gasteiger partial charge is 0.0542 e. The molecule has 1 N–H and O–H groups in total. The van der Waals surface area contributed by atoms with Gasteiger partial charge in [-0.1, -0.05) is 12.2 Å². The average molecular weight is 253 g/mol. The zero-order chi connectivity index (χ0) is 9.80. The predicted molar refractivity (Wildman–Crippen MR) is 62.3 cm³/mol. The quantitative estimate of drug-likeness (QED) is 0.817. The SMILES string of the molecule is Brc1cncc(NC2C=CCCC2)c1. The Morgan fingerprint density at radius 3 is 3.07 bits per heavy atom. The van der Waals surface area contributed by atoms with Gasteiger partial charge in [-0.15, -0.1) is 0 Å². The van der Waals surface area contributed by atoms with Crippen molar-refractivity contribution in [2.45, 2.75) is 25.3 Å². The van der Waals surface area contributed by atoms with Crippen molar-refractivity contribution < 1.29 is 0 Å². The van der Waals surface area contributed by atoms with Crippen LogP contribution < -0.4 is 5.32 Å². The Balaban J connectivity index is 2.02. The van der Waals surface area contributed by atoms with Crippen molar-refractivity contribution in [3.63, 3.8) is 0 Å². The van der Waals surface area contributed by atoms with Gasteiger partial charge in [0.25, 0.3) is 0 Å². The van der Waals surface area contributed by atoms with Gasteiger partial charge in [0.15, 0.2) is 0 Å². The predicted octanol–water partition coefficient (Wildman–Crippen LogP) is 3.36. The topological polar surface area (TPSA) is 24.9 Å². The highest BCUT2D eigenvalue weighted by atomic mass is 79.9. The van der Waals surface area contributed by atoms with Crippen LogP contribution in [-0.4, -0.2) is 11.0 Å². The minimum atomic E-state index is 0.472. The van der Waals surface area contributed by atoms with Gasteiger partial charge in [-0.2, -0.15) is 0 Å². The molecule has 0 amide bonds. The number of pyridine rings is 1. The molecular weight excluding hydrogens is 240 g/mol. The van der Waals surface area contributed by atoms with E-state index in [4.69, 9.17) is 0 Å². The van der Waals surface area contributed by atoms with E-state index in [1.54, 1.807) is 6.20 Å². The molecule has 0 fully saturated rings. The molecule has 1 aromatic heterocycles. The molecule has 1 heterocycles. The van der Waals surface area contributed by atoms with Gasteiger partial charge >= 0.3 is 0 Å². The molecule has 2 rings (SSSR count). The minimum absolute atomic E-state index is 0.472. The molecule has 1 atom stereocenters. The summed E-state index contributed by atoms with van der Waals surface area (Å²) in [6, 6.07) is 2.52. The van der Waals surface area contributed by atoms with Gasteiger partial charge in [0.2, 0.25) is 0 Å². The van der Waals surface area contributed by atoms with Crippen molar-refractivity contribution in [3.8, 4) is 0 Å². The molecule has 0 aromatic carbocycles. The lowest BCUT2D eigenvalue weighted by atomic mass is 10.0. The lowest BCUT2D eigenvalue weighted by Gasteiger charge is -2.18. The van der Waals surface area contributed by atoms with E-state index in [-0.39, 0.29) is 0 Å². The molecule has 0 spiro atoms. The standard InChI is InChI=1S/C11H13BrN2/c12-9-6-11(8-13-7-9)14-10-4-2-1-3-5-10/h2,4,6-8,10,14H,1,3,5H2. The van der Waals surface area contributed by atoms with E-state index < -0.39 is 0 Å². The Morgan fingerprint density at radius 2 is 2.36 bits per heavy atom. The second-order valence-corrected chi connectivity index (χ2v) is 4.42. The molecule has 0 saturated carbocycles. The fourth-order valence-electron chi connectivity index (χ4n) is 1.64. The zero-order valence-corrected chi connectivity index (χ0v) is 9.50. The van der Waals surface area contributed by atoms with Gasteiger partial charge in [-0.3, -0.25) is 4.98 Å². The molecule has 0 aliphatic heterocycles. The molecule has 1 aromatic rings. The first kappa shape index (κ1) is 9.71. The van der Waals surface area contributed by atoms with Crippen LogP contribution in [0.2, 0.25) is 0 Å². The van der Waals surface area contributed by atoms with E-state index in [0.717, 1.165) is 10.2 Å². The van der Waals surface area contributed by atoms with Crippen LogP contribution in [0.5, 0.6) is 0 Å². The highest BCUT2D eigenvalue weighted by Crippen LogP contribution is 2.18. The van der Waals surface area contributed by atoms with Crippen molar-refractivity contribution in [1.29, 1.82) is 0 Å². The van der Waals surface area contributed by atoms with Crippen LogP contribution in [0.4, 0.5) is 5.69 Å². The Labute approximate surface area is 92.6 Å². The molecule has 14 heavy (non-hydrogen) atoms. The molecule has 1 unspecified atom stereocenters. The maximum absolute atomic E-state index is 4.12. The molecule has 74 valence electrons. The molecule has 2 nitrogen and oxygen atoms in total. The third kappa shape index (κ3) is 2.58. The summed E-state index contributed by atoms with van der Waals surface area (Å²) in [5, 5.41) is 3.44. The first-order valence-corrected chi connectivity index (χ1v) is 5.67. The van der Waals surface area contributed by atoms with E-state index in [9.17, 15) is 0 Å². The summed E-state index contributed by atoms with van der Waals surface area (Å²) in [4.78, 5) is 4.12. The Kier molecular flexibility index (Phi) is 3.19. The summed E-state index contributed by atoms with van der Waals surface area (Å²) in [6.45, 7) is 0. The third-order valence-electron chi connectivity index (χ3n) is 2.31. The summed E-state index contributed by atoms with van der Waals surface area (Å²) >= 11 is 3.41. The number of hydrogen-bond donors (Lipinski definition) is 1.